The van der Waals surface area contributed by atoms with Crippen LogP contribution in [0.3, 0.4) is 0 Å². The van der Waals surface area contributed by atoms with Crippen LogP contribution < -0.4 is 10.9 Å². The number of sulfonamides is 1. The van der Waals surface area contributed by atoms with Crippen molar-refractivity contribution in [2.75, 3.05) is 13.1 Å². The van der Waals surface area contributed by atoms with E-state index in [4.69, 9.17) is 0 Å². The maximum absolute atomic E-state index is 12.6. The van der Waals surface area contributed by atoms with E-state index in [1.54, 1.807) is 6.08 Å². The molecule has 2 amide bonds. The number of hydrogen-bond acceptors (Lipinski definition) is 5. The van der Waals surface area contributed by atoms with Crippen molar-refractivity contribution in [1.82, 2.24) is 15.2 Å². The van der Waals surface area contributed by atoms with Gasteiger partial charge in [0.1, 0.15) is 0 Å². The van der Waals surface area contributed by atoms with Gasteiger partial charge in [0.05, 0.1) is 4.88 Å². The van der Waals surface area contributed by atoms with Crippen LogP contribution in [0.4, 0.5) is 0 Å². The van der Waals surface area contributed by atoms with E-state index in [1.807, 2.05) is 36.4 Å². The molecule has 0 saturated carbocycles. The highest BCUT2D eigenvalue weighted by molar-refractivity contribution is 7.92. The van der Waals surface area contributed by atoms with Crippen LogP contribution in [0.5, 0.6) is 0 Å². The Morgan fingerprint density at radius 2 is 1.73 bits per heavy atom. The monoisotopic (exact) mass is 487 g/mol. The van der Waals surface area contributed by atoms with E-state index in [9.17, 15) is 18.0 Å². The molecular weight excluding hydrogens is 458 g/mol. The van der Waals surface area contributed by atoms with E-state index in [0.29, 0.717) is 17.7 Å². The minimum Gasteiger partial charge on any atom is -0.273 e. The number of thiophene rings is 1. The number of rotatable bonds is 5. The lowest BCUT2D eigenvalue weighted by Crippen LogP contribution is -2.47. The molecule has 2 aliphatic rings. The maximum Gasteiger partial charge on any atom is 0.279 e. The smallest absolute Gasteiger partial charge is 0.273 e. The Morgan fingerprint density at radius 1 is 1.00 bits per heavy atom. The molecule has 0 atom stereocenters. The predicted octanol–water partition coefficient (Wildman–Crippen LogP) is 3.49. The third-order valence-corrected chi connectivity index (χ3v) is 8.99. The van der Waals surface area contributed by atoms with Gasteiger partial charge in [0.25, 0.3) is 5.91 Å². The van der Waals surface area contributed by atoms with E-state index >= 15 is 0 Å². The van der Waals surface area contributed by atoms with Crippen LogP contribution >= 0.6 is 11.3 Å². The van der Waals surface area contributed by atoms with Gasteiger partial charge in [0, 0.05) is 29.3 Å². The van der Waals surface area contributed by atoms with E-state index in [0.717, 1.165) is 31.2 Å². The second-order valence-electron chi connectivity index (χ2n) is 8.49. The number of amides is 2. The van der Waals surface area contributed by atoms with Gasteiger partial charge in [-0.1, -0.05) is 36.8 Å². The summed E-state index contributed by atoms with van der Waals surface area (Å²) >= 11 is 1.51. The van der Waals surface area contributed by atoms with E-state index in [-0.39, 0.29) is 30.8 Å². The third-order valence-electron chi connectivity index (χ3n) is 6.19. The molecule has 2 aromatic rings. The molecule has 4 rings (SSSR count). The molecular formula is C24H29N3O4S2. The fourth-order valence-electron chi connectivity index (χ4n) is 4.25. The minimum atomic E-state index is -3.54. The lowest BCUT2D eigenvalue weighted by Gasteiger charge is -2.29. The van der Waals surface area contributed by atoms with Crippen molar-refractivity contribution in [3.8, 4) is 0 Å². The van der Waals surface area contributed by atoms with E-state index in [2.05, 4.69) is 10.9 Å². The first-order chi connectivity index (χ1) is 15.9. The molecule has 0 radical (unpaired) electrons. The Hall–Kier alpha value is -2.49. The predicted molar refractivity (Wildman–Crippen MR) is 130 cm³/mol. The summed E-state index contributed by atoms with van der Waals surface area (Å²) in [6.07, 6.45) is 7.95. The summed E-state index contributed by atoms with van der Waals surface area (Å²) in [5.41, 5.74) is 7.13. The summed E-state index contributed by atoms with van der Waals surface area (Å²) in [7, 11) is -3.54. The molecule has 1 saturated heterocycles. The summed E-state index contributed by atoms with van der Waals surface area (Å²) in [5, 5.41) is 1.21. The number of hydrazine groups is 1. The average molecular weight is 488 g/mol. The van der Waals surface area contributed by atoms with Crippen molar-refractivity contribution >= 4 is 39.3 Å². The summed E-state index contributed by atoms with van der Waals surface area (Å²) in [6.45, 7) is 0.538. The number of carbonyl (C=O) groups is 2. The van der Waals surface area contributed by atoms with Gasteiger partial charge in [-0.25, -0.2) is 8.42 Å². The number of fused-ring (bicyclic) bond motifs is 1. The average Bonchev–Trinajstić information content (AvgIpc) is 3.12. The van der Waals surface area contributed by atoms with E-state index in [1.165, 1.54) is 37.9 Å². The molecule has 2 heterocycles. The van der Waals surface area contributed by atoms with Crippen molar-refractivity contribution in [1.29, 1.82) is 0 Å². The topological polar surface area (TPSA) is 95.6 Å². The Labute approximate surface area is 198 Å². The van der Waals surface area contributed by atoms with Crippen LogP contribution in [0.15, 0.2) is 41.8 Å². The molecule has 33 heavy (non-hydrogen) atoms. The first kappa shape index (κ1) is 23.7. The largest absolute Gasteiger partial charge is 0.279 e. The summed E-state index contributed by atoms with van der Waals surface area (Å²) in [5.74, 6) is -0.916. The Bertz CT molecular complexity index is 1090. The third kappa shape index (κ3) is 6.10. The molecule has 1 aromatic heterocycles. The highest BCUT2D eigenvalue weighted by atomic mass is 32.2. The second-order valence-corrected chi connectivity index (χ2v) is 11.5. The Morgan fingerprint density at radius 3 is 2.48 bits per heavy atom. The Balaban J connectivity index is 1.25. The highest BCUT2D eigenvalue weighted by Crippen LogP contribution is 2.29. The maximum atomic E-state index is 12.6. The molecule has 0 spiro atoms. The van der Waals surface area contributed by atoms with Crippen LogP contribution in [0.2, 0.25) is 0 Å². The molecule has 2 N–H and O–H groups in total. The first-order valence-electron chi connectivity index (χ1n) is 11.4. The number of hydrogen-bond donors (Lipinski definition) is 2. The summed E-state index contributed by atoms with van der Waals surface area (Å²) < 4.78 is 26.6. The number of nitrogens with one attached hydrogen (secondary N) is 2. The lowest BCUT2D eigenvalue weighted by molar-refractivity contribution is -0.126. The standard InChI is InChI=1S/C24H29N3O4S2/c28-23(25-26-24(29)22-17-20-9-5-2-6-10-21(20)32-22)19-11-14-27(15-12-19)33(30,31)16-13-18-7-3-1-4-8-18/h1,3-4,7-8,13,16-17,19H,2,5-6,9-12,14-15H2,(H,25,28)(H,26,29)/b16-13+. The van der Waals surface area contributed by atoms with Gasteiger partial charge in [-0.2, -0.15) is 4.31 Å². The van der Waals surface area contributed by atoms with Gasteiger partial charge in [-0.15, -0.1) is 11.3 Å². The van der Waals surface area contributed by atoms with Crippen LogP contribution in [0.1, 0.15) is 57.8 Å². The quantitative estimate of drug-likeness (QED) is 0.499. The van der Waals surface area contributed by atoms with Gasteiger partial charge in [-0.05, 0) is 61.8 Å². The zero-order valence-corrected chi connectivity index (χ0v) is 20.1. The normalized spacial score (nSPS) is 17.9. The summed E-state index contributed by atoms with van der Waals surface area (Å²) in [6, 6.07) is 11.2. The zero-order chi connectivity index (χ0) is 23.3. The van der Waals surface area contributed by atoms with Gasteiger partial charge in [0.15, 0.2) is 0 Å². The molecule has 1 aliphatic carbocycles. The van der Waals surface area contributed by atoms with Crippen molar-refractivity contribution in [3.63, 3.8) is 0 Å². The fourth-order valence-corrected chi connectivity index (χ4v) is 6.62. The lowest BCUT2D eigenvalue weighted by atomic mass is 9.98. The molecule has 9 heteroatoms. The van der Waals surface area contributed by atoms with E-state index < -0.39 is 10.0 Å². The minimum absolute atomic E-state index is 0.269. The molecule has 1 aliphatic heterocycles. The number of nitrogens with zero attached hydrogens (tertiary/aromatic N) is 1. The van der Waals surface area contributed by atoms with Crippen LogP contribution in [-0.2, 0) is 27.7 Å². The molecule has 1 aromatic carbocycles. The van der Waals surface area contributed by atoms with Crippen molar-refractivity contribution in [3.05, 3.63) is 62.7 Å². The number of benzene rings is 1. The molecule has 176 valence electrons. The zero-order valence-electron chi connectivity index (χ0n) is 18.5. The molecule has 1 fully saturated rings. The molecule has 0 bridgehead atoms. The molecule has 7 nitrogen and oxygen atoms in total. The van der Waals surface area contributed by atoms with Gasteiger partial charge in [-0.3, -0.25) is 20.4 Å². The molecule has 0 unspecified atom stereocenters. The van der Waals surface area contributed by atoms with Crippen molar-refractivity contribution < 1.29 is 18.0 Å². The van der Waals surface area contributed by atoms with Gasteiger partial charge >= 0.3 is 0 Å². The summed E-state index contributed by atoms with van der Waals surface area (Å²) in [4.78, 5) is 26.9. The van der Waals surface area contributed by atoms with Crippen LogP contribution in [-0.4, -0.2) is 37.6 Å². The van der Waals surface area contributed by atoms with Gasteiger partial charge in [0.2, 0.25) is 15.9 Å². The van der Waals surface area contributed by atoms with Crippen molar-refractivity contribution in [2.24, 2.45) is 5.92 Å². The van der Waals surface area contributed by atoms with Crippen LogP contribution in [0.25, 0.3) is 6.08 Å². The van der Waals surface area contributed by atoms with Crippen molar-refractivity contribution in [2.45, 2.75) is 44.9 Å². The second kappa shape index (κ2) is 10.6. The van der Waals surface area contributed by atoms with Crippen LogP contribution in [0, 0.1) is 5.92 Å². The number of carbonyl (C=O) groups excluding carboxylic acids is 2. The van der Waals surface area contributed by atoms with Gasteiger partial charge < -0.3 is 0 Å². The number of piperidine rings is 1. The number of aryl methyl sites for hydroxylation is 2. The SMILES string of the molecule is O=C(NNC(=O)C1CCN(S(=O)(=O)/C=C/c2ccccc2)CC1)c1cc2c(s1)CCCCC2. The Kier molecular flexibility index (Phi) is 7.62. The fraction of sp³-hybridized carbons (Fsp3) is 0.417. The highest BCUT2D eigenvalue weighted by Gasteiger charge is 2.30. The first-order valence-corrected chi connectivity index (χ1v) is 13.7.